The topological polar surface area (TPSA) is 75.7 Å². The largest absolute Gasteiger partial charge is 0.381 e. The van der Waals surface area contributed by atoms with Crippen molar-refractivity contribution in [1.29, 1.82) is 0 Å². The second kappa shape index (κ2) is 5.75. The molecule has 0 aromatic rings. The second-order valence-electron chi connectivity index (χ2n) is 6.40. The van der Waals surface area contributed by atoms with Gasteiger partial charge in [-0.05, 0) is 25.7 Å². The lowest BCUT2D eigenvalue weighted by atomic mass is 9.71. The van der Waals surface area contributed by atoms with E-state index in [2.05, 4.69) is 5.32 Å². The Labute approximate surface area is 124 Å². The number of rotatable bonds is 2. The summed E-state index contributed by atoms with van der Waals surface area (Å²) in [5.41, 5.74) is -0.998. The summed E-state index contributed by atoms with van der Waals surface area (Å²) in [5.74, 6) is -0.503. The third-order valence-corrected chi connectivity index (χ3v) is 4.96. The Hall–Kier alpha value is -1.43. The minimum absolute atomic E-state index is 0.183. The van der Waals surface area contributed by atoms with Gasteiger partial charge in [0.25, 0.3) is 0 Å². The summed E-state index contributed by atoms with van der Waals surface area (Å²) < 4.78 is 5.42. The Morgan fingerprint density at radius 2 is 1.90 bits per heavy atom. The van der Waals surface area contributed by atoms with Crippen LogP contribution in [0.15, 0.2) is 0 Å². The van der Waals surface area contributed by atoms with E-state index in [9.17, 15) is 14.4 Å². The molecule has 4 amide bonds. The number of nitrogens with zero attached hydrogens (tertiary/aromatic N) is 1. The van der Waals surface area contributed by atoms with Gasteiger partial charge in [-0.25, -0.2) is 4.79 Å². The summed E-state index contributed by atoms with van der Waals surface area (Å²) in [7, 11) is 0. The Bertz CT molecular complexity index is 451. The molecule has 116 valence electrons. The number of hydrogen-bond donors (Lipinski definition) is 1. The van der Waals surface area contributed by atoms with Gasteiger partial charge in [0.05, 0.1) is 6.61 Å². The summed E-state index contributed by atoms with van der Waals surface area (Å²) in [6.45, 7) is 1.69. The Kier molecular flexibility index (Phi) is 3.97. The van der Waals surface area contributed by atoms with Gasteiger partial charge in [-0.15, -0.1) is 0 Å². The van der Waals surface area contributed by atoms with Crippen molar-refractivity contribution >= 4 is 17.8 Å². The molecule has 2 saturated heterocycles. The van der Waals surface area contributed by atoms with E-state index in [0.717, 1.165) is 38.7 Å². The van der Waals surface area contributed by atoms with Crippen molar-refractivity contribution in [3.05, 3.63) is 0 Å². The summed E-state index contributed by atoms with van der Waals surface area (Å²) in [5, 5.41) is 2.40. The molecule has 3 rings (SSSR count). The molecule has 1 N–H and O–H groups in total. The van der Waals surface area contributed by atoms with Crippen molar-refractivity contribution in [2.24, 2.45) is 11.3 Å². The van der Waals surface area contributed by atoms with Crippen LogP contribution < -0.4 is 5.32 Å². The maximum absolute atomic E-state index is 12.8. The van der Waals surface area contributed by atoms with E-state index in [1.165, 1.54) is 4.90 Å². The second-order valence-corrected chi connectivity index (χ2v) is 6.40. The normalized spacial score (nSPS) is 29.6. The van der Waals surface area contributed by atoms with Gasteiger partial charge in [0.2, 0.25) is 11.8 Å². The molecule has 1 saturated carbocycles. The average Bonchev–Trinajstić information content (AvgIpc) is 2.52. The Balaban J connectivity index is 1.77. The highest BCUT2D eigenvalue weighted by Gasteiger charge is 2.54. The minimum Gasteiger partial charge on any atom is -0.381 e. The SMILES string of the molecule is O=C1NC(=O)C2(CCCCC2)C(=O)N1CC1CCCOC1. The molecule has 21 heavy (non-hydrogen) atoms. The smallest absolute Gasteiger partial charge is 0.330 e. The third kappa shape index (κ3) is 2.57. The molecule has 3 fully saturated rings. The lowest BCUT2D eigenvalue weighted by molar-refractivity contribution is -0.154. The van der Waals surface area contributed by atoms with E-state index in [4.69, 9.17) is 4.74 Å². The first-order valence-electron chi connectivity index (χ1n) is 7.89. The highest BCUT2D eigenvalue weighted by Crippen LogP contribution is 2.40. The number of imide groups is 2. The van der Waals surface area contributed by atoms with Crippen LogP contribution in [0.5, 0.6) is 0 Å². The summed E-state index contributed by atoms with van der Waals surface area (Å²) in [6, 6.07) is -0.563. The summed E-state index contributed by atoms with van der Waals surface area (Å²) >= 11 is 0. The van der Waals surface area contributed by atoms with Crippen LogP contribution in [0.2, 0.25) is 0 Å². The zero-order chi connectivity index (χ0) is 14.9. The molecule has 6 heteroatoms. The van der Waals surface area contributed by atoms with Crippen LogP contribution in [0.4, 0.5) is 4.79 Å². The average molecular weight is 294 g/mol. The van der Waals surface area contributed by atoms with E-state index >= 15 is 0 Å². The van der Waals surface area contributed by atoms with Crippen molar-refractivity contribution in [3.63, 3.8) is 0 Å². The zero-order valence-electron chi connectivity index (χ0n) is 12.2. The molecule has 1 unspecified atom stereocenters. The molecule has 0 radical (unpaired) electrons. The number of carbonyl (C=O) groups is 3. The van der Waals surface area contributed by atoms with Crippen LogP contribution in [-0.2, 0) is 14.3 Å². The maximum Gasteiger partial charge on any atom is 0.330 e. The quantitative estimate of drug-likeness (QED) is 0.782. The van der Waals surface area contributed by atoms with Gasteiger partial charge in [-0.1, -0.05) is 19.3 Å². The number of carbonyl (C=O) groups excluding carboxylic acids is 3. The fourth-order valence-corrected chi connectivity index (χ4v) is 3.70. The van der Waals surface area contributed by atoms with Gasteiger partial charge in [-0.2, -0.15) is 0 Å². The van der Waals surface area contributed by atoms with E-state index < -0.39 is 17.4 Å². The lowest BCUT2D eigenvalue weighted by Gasteiger charge is -2.42. The highest BCUT2D eigenvalue weighted by molar-refractivity contribution is 6.19. The molecule has 1 atom stereocenters. The fraction of sp³-hybridized carbons (Fsp3) is 0.800. The molecule has 0 aromatic carbocycles. The molecule has 6 nitrogen and oxygen atoms in total. The van der Waals surface area contributed by atoms with Gasteiger partial charge < -0.3 is 4.74 Å². The zero-order valence-corrected chi connectivity index (χ0v) is 12.2. The maximum atomic E-state index is 12.8. The minimum atomic E-state index is -0.998. The number of urea groups is 1. The first kappa shape index (κ1) is 14.5. The van der Waals surface area contributed by atoms with Crippen molar-refractivity contribution < 1.29 is 19.1 Å². The van der Waals surface area contributed by atoms with Crippen LogP contribution in [-0.4, -0.2) is 42.5 Å². The number of amides is 4. The number of hydrogen-bond acceptors (Lipinski definition) is 4. The van der Waals surface area contributed by atoms with Gasteiger partial charge in [0.1, 0.15) is 5.41 Å². The molecular weight excluding hydrogens is 272 g/mol. The van der Waals surface area contributed by atoms with Crippen molar-refractivity contribution in [2.75, 3.05) is 19.8 Å². The van der Waals surface area contributed by atoms with E-state index in [-0.39, 0.29) is 11.8 Å². The first-order valence-corrected chi connectivity index (χ1v) is 7.89. The van der Waals surface area contributed by atoms with E-state index in [0.29, 0.717) is 26.0 Å². The van der Waals surface area contributed by atoms with Crippen LogP contribution in [0.25, 0.3) is 0 Å². The predicted octanol–water partition coefficient (Wildman–Crippen LogP) is 1.44. The van der Waals surface area contributed by atoms with Gasteiger partial charge >= 0.3 is 6.03 Å². The van der Waals surface area contributed by atoms with Crippen LogP contribution >= 0.6 is 0 Å². The van der Waals surface area contributed by atoms with Crippen molar-refractivity contribution in [2.45, 2.75) is 44.9 Å². The van der Waals surface area contributed by atoms with Crippen molar-refractivity contribution in [3.8, 4) is 0 Å². The highest BCUT2D eigenvalue weighted by atomic mass is 16.5. The molecule has 0 bridgehead atoms. The van der Waals surface area contributed by atoms with E-state index in [1.807, 2.05) is 0 Å². The van der Waals surface area contributed by atoms with Gasteiger partial charge in [-0.3, -0.25) is 19.8 Å². The van der Waals surface area contributed by atoms with Crippen molar-refractivity contribution in [1.82, 2.24) is 10.2 Å². The molecule has 3 aliphatic rings. The fourth-order valence-electron chi connectivity index (χ4n) is 3.70. The summed E-state index contributed by atoms with van der Waals surface area (Å²) in [6.07, 6.45) is 5.82. The van der Waals surface area contributed by atoms with Crippen LogP contribution in [0.3, 0.4) is 0 Å². The number of nitrogens with one attached hydrogen (secondary N) is 1. The number of barbiturate groups is 1. The van der Waals surface area contributed by atoms with E-state index in [1.54, 1.807) is 0 Å². The standard InChI is InChI=1S/C15H22N2O4/c18-12-15(6-2-1-3-7-15)13(19)17(14(20)16-12)9-11-5-4-8-21-10-11/h11H,1-10H2,(H,16,18,20). The molecular formula is C15H22N2O4. The van der Waals surface area contributed by atoms with Gasteiger partial charge in [0, 0.05) is 19.1 Å². The Morgan fingerprint density at radius 1 is 1.14 bits per heavy atom. The van der Waals surface area contributed by atoms with Crippen LogP contribution in [0, 0.1) is 11.3 Å². The molecule has 1 aliphatic carbocycles. The monoisotopic (exact) mass is 294 g/mol. The predicted molar refractivity (Wildman–Crippen MR) is 74.3 cm³/mol. The lowest BCUT2D eigenvalue weighted by Crippen LogP contribution is -2.65. The first-order chi connectivity index (χ1) is 10.1. The molecule has 2 heterocycles. The molecule has 1 spiro atoms. The molecule has 0 aromatic heterocycles. The number of ether oxygens (including phenoxy) is 1. The third-order valence-electron chi connectivity index (χ3n) is 4.96. The van der Waals surface area contributed by atoms with Gasteiger partial charge in [0.15, 0.2) is 0 Å². The Morgan fingerprint density at radius 3 is 2.57 bits per heavy atom. The molecule has 2 aliphatic heterocycles. The summed E-state index contributed by atoms with van der Waals surface area (Å²) in [4.78, 5) is 38.3. The van der Waals surface area contributed by atoms with Crippen LogP contribution in [0.1, 0.15) is 44.9 Å².